The normalized spacial score (nSPS) is 13.4. The number of ether oxygens (including phenoxy) is 1. The topological polar surface area (TPSA) is 37.9 Å². The van der Waals surface area contributed by atoms with Gasteiger partial charge in [0.25, 0.3) is 0 Å². The molecule has 0 bridgehead atoms. The number of nitrogens with one attached hydrogen (secondary N) is 1. The molecule has 3 aromatic carbocycles. The Morgan fingerprint density at radius 3 is 2.92 bits per heavy atom. The van der Waals surface area contributed by atoms with E-state index in [9.17, 15) is 0 Å². The summed E-state index contributed by atoms with van der Waals surface area (Å²) in [5, 5.41) is 3.03. The monoisotopic (exact) mass is 370 g/mol. The Kier molecular flexibility index (Phi) is 3.31. The number of halogens is 1. The lowest BCUT2D eigenvalue weighted by Crippen LogP contribution is -2.05. The first-order valence-corrected chi connectivity index (χ1v) is 10.8. The van der Waals surface area contributed by atoms with Crippen LogP contribution in [-0.2, 0) is 6.61 Å². The fourth-order valence-electron chi connectivity index (χ4n) is 3.32. The maximum atomic E-state index is 6.11. The summed E-state index contributed by atoms with van der Waals surface area (Å²) < 4.78 is 6.00. The van der Waals surface area contributed by atoms with E-state index >= 15 is 0 Å². The van der Waals surface area contributed by atoms with Crippen LogP contribution in [-0.4, -0.2) is 9.97 Å². The summed E-state index contributed by atoms with van der Waals surface area (Å²) in [6.07, 6.45) is 0. The average molecular weight is 371 g/mol. The summed E-state index contributed by atoms with van der Waals surface area (Å²) in [4.78, 5) is 8.09. The third kappa shape index (κ3) is 2.16. The van der Waals surface area contributed by atoms with Crippen molar-refractivity contribution in [2.24, 2.45) is 0 Å². The Morgan fingerprint density at radius 2 is 2.04 bits per heavy atom. The lowest BCUT2D eigenvalue weighted by Gasteiger charge is -2.21. The van der Waals surface area contributed by atoms with E-state index in [-0.39, 0.29) is 0 Å². The fraction of sp³-hybridized carbons (Fsp3) is 0.0556. The molecule has 0 aliphatic carbocycles. The molecule has 4 aromatic rings. The Labute approximate surface area is 147 Å². The molecule has 0 fully saturated rings. The number of aromatic nitrogens is 2. The van der Waals surface area contributed by atoms with Crippen molar-refractivity contribution < 1.29 is 4.74 Å². The molecule has 1 aliphatic heterocycles. The summed E-state index contributed by atoms with van der Waals surface area (Å²) in [6.45, 7) is 0.545. The van der Waals surface area contributed by atoms with Crippen molar-refractivity contribution in [1.29, 1.82) is 0 Å². The van der Waals surface area contributed by atoms with E-state index in [1.54, 1.807) is 0 Å². The van der Waals surface area contributed by atoms with E-state index in [0.29, 0.717) is 14.9 Å². The smallest absolute Gasteiger partial charge is 0.130 e. The Hall–Kier alpha value is -1.66. The zero-order chi connectivity index (χ0) is 16.3. The molecule has 5 rings (SSSR count). The molecule has 1 N–H and O–H groups in total. The molecule has 0 saturated heterocycles. The number of benzene rings is 3. The summed E-state index contributed by atoms with van der Waals surface area (Å²) >= 11 is 6.11. The molecule has 2 unspecified atom stereocenters. The van der Waals surface area contributed by atoms with Crippen molar-refractivity contribution >= 4 is 56.2 Å². The molecular weight excluding hydrogens is 358 g/mol. The Morgan fingerprint density at radius 1 is 1.12 bits per heavy atom. The van der Waals surface area contributed by atoms with Crippen LogP contribution in [0, 0.1) is 0 Å². The highest BCUT2D eigenvalue weighted by molar-refractivity contribution is 8.06. The van der Waals surface area contributed by atoms with Gasteiger partial charge in [0.05, 0.1) is 11.0 Å². The number of hydrogen-bond acceptors (Lipinski definition) is 2. The summed E-state index contributed by atoms with van der Waals surface area (Å²) in [7, 11) is 3.30. The quantitative estimate of drug-likeness (QED) is 0.478. The van der Waals surface area contributed by atoms with Crippen LogP contribution in [0.2, 0.25) is 5.02 Å². The Balaban J connectivity index is 1.80. The molecule has 0 spiro atoms. The number of nitrogens with zero attached hydrogens (tertiary/aromatic N) is 1. The summed E-state index contributed by atoms with van der Waals surface area (Å²) in [6, 6.07) is 14.5. The van der Waals surface area contributed by atoms with Crippen LogP contribution < -0.4 is 10.3 Å². The van der Waals surface area contributed by atoms with Crippen molar-refractivity contribution in [3.8, 4) is 16.9 Å². The van der Waals surface area contributed by atoms with E-state index in [2.05, 4.69) is 44.2 Å². The van der Waals surface area contributed by atoms with Crippen LogP contribution in [0.5, 0.6) is 5.75 Å². The predicted molar refractivity (Wildman–Crippen MR) is 106 cm³/mol. The minimum absolute atomic E-state index is 0.545. The van der Waals surface area contributed by atoms with E-state index in [4.69, 9.17) is 21.3 Å². The van der Waals surface area contributed by atoms with Crippen LogP contribution in [0.4, 0.5) is 0 Å². The third-order valence-electron chi connectivity index (χ3n) is 4.45. The van der Waals surface area contributed by atoms with Crippen LogP contribution in [0.15, 0.2) is 42.5 Å². The maximum absolute atomic E-state index is 6.11. The SMILES string of the molecule is PPc1nc2c(ccc3cc4c(cc32)OCc2cc(Cl)ccc2-4)[nH]1. The first kappa shape index (κ1) is 14.7. The van der Waals surface area contributed by atoms with Gasteiger partial charge in [0.15, 0.2) is 0 Å². The highest BCUT2D eigenvalue weighted by Gasteiger charge is 2.19. The fourth-order valence-corrected chi connectivity index (χ4v) is 4.31. The number of imidazole rings is 1. The second-order valence-electron chi connectivity index (χ2n) is 5.85. The van der Waals surface area contributed by atoms with Gasteiger partial charge in [-0.05, 0) is 55.1 Å². The number of aromatic amines is 1. The molecule has 0 radical (unpaired) electrons. The molecular formula is C18H13ClN2OP2. The molecule has 6 heteroatoms. The first-order chi connectivity index (χ1) is 11.7. The molecule has 0 amide bonds. The lowest BCUT2D eigenvalue weighted by atomic mass is 9.94. The van der Waals surface area contributed by atoms with E-state index in [1.165, 1.54) is 5.56 Å². The number of fused-ring (bicyclic) bond motifs is 6. The van der Waals surface area contributed by atoms with Crippen molar-refractivity contribution in [2.75, 3.05) is 0 Å². The van der Waals surface area contributed by atoms with Crippen molar-refractivity contribution in [3.63, 3.8) is 0 Å². The van der Waals surface area contributed by atoms with Gasteiger partial charge >= 0.3 is 0 Å². The third-order valence-corrected chi connectivity index (χ3v) is 6.01. The average Bonchev–Trinajstić information content (AvgIpc) is 3.03. The molecule has 118 valence electrons. The molecule has 2 atom stereocenters. The Bertz CT molecular complexity index is 1120. The summed E-state index contributed by atoms with van der Waals surface area (Å²) in [5.41, 5.74) is 6.50. The van der Waals surface area contributed by atoms with Crippen LogP contribution in [0.25, 0.3) is 32.9 Å². The highest BCUT2D eigenvalue weighted by Crippen LogP contribution is 2.42. The molecule has 1 aromatic heterocycles. The van der Waals surface area contributed by atoms with E-state index in [0.717, 1.165) is 49.3 Å². The van der Waals surface area contributed by atoms with Crippen molar-refractivity contribution in [3.05, 3.63) is 53.1 Å². The number of hydrogen-bond donors (Lipinski definition) is 1. The van der Waals surface area contributed by atoms with Crippen LogP contribution in [0.3, 0.4) is 0 Å². The zero-order valence-electron chi connectivity index (χ0n) is 12.6. The number of rotatable bonds is 1. The van der Waals surface area contributed by atoms with Gasteiger partial charge in [0.1, 0.15) is 17.9 Å². The molecule has 3 nitrogen and oxygen atoms in total. The van der Waals surface area contributed by atoms with Gasteiger partial charge in [-0.3, -0.25) is 0 Å². The second kappa shape index (κ2) is 5.43. The van der Waals surface area contributed by atoms with Gasteiger partial charge in [0, 0.05) is 16.0 Å². The van der Waals surface area contributed by atoms with Gasteiger partial charge in [0.2, 0.25) is 0 Å². The summed E-state index contributed by atoms with van der Waals surface area (Å²) in [5.74, 6) is 0.905. The second-order valence-corrected chi connectivity index (χ2v) is 7.92. The maximum Gasteiger partial charge on any atom is 0.130 e. The predicted octanol–water partition coefficient (Wildman–Crippen LogP) is 5.02. The minimum atomic E-state index is 0.545. The van der Waals surface area contributed by atoms with Gasteiger partial charge in [-0.1, -0.05) is 23.7 Å². The van der Waals surface area contributed by atoms with Gasteiger partial charge in [-0.15, -0.1) is 8.93 Å². The largest absolute Gasteiger partial charge is 0.488 e. The van der Waals surface area contributed by atoms with Crippen molar-refractivity contribution in [1.82, 2.24) is 9.97 Å². The van der Waals surface area contributed by atoms with Gasteiger partial charge in [-0.2, -0.15) is 0 Å². The van der Waals surface area contributed by atoms with Gasteiger partial charge in [-0.25, -0.2) is 4.98 Å². The van der Waals surface area contributed by atoms with Crippen LogP contribution in [0.1, 0.15) is 5.56 Å². The molecule has 2 heterocycles. The minimum Gasteiger partial charge on any atom is -0.488 e. The number of H-pyrrole nitrogens is 1. The highest BCUT2D eigenvalue weighted by atomic mass is 35.5. The van der Waals surface area contributed by atoms with E-state index in [1.807, 2.05) is 12.1 Å². The van der Waals surface area contributed by atoms with Gasteiger partial charge < -0.3 is 9.72 Å². The first-order valence-electron chi connectivity index (χ1n) is 7.57. The standard InChI is InChI=1S/C18H13ClN2OP2/c19-11-2-3-12-10(5-11)8-22-16-7-13-9(6-14(12)16)1-4-15-17(13)21-18(20-15)24-23/h1-7,24H,8,23H2,(H,20,21). The zero-order valence-corrected chi connectivity index (χ0v) is 15.5. The van der Waals surface area contributed by atoms with E-state index < -0.39 is 0 Å². The lowest BCUT2D eigenvalue weighted by molar-refractivity contribution is 0.303. The van der Waals surface area contributed by atoms with Crippen molar-refractivity contribution in [2.45, 2.75) is 6.61 Å². The van der Waals surface area contributed by atoms with Crippen LogP contribution >= 0.6 is 28.8 Å². The molecule has 0 saturated carbocycles. The molecule has 1 aliphatic rings. The molecule has 24 heavy (non-hydrogen) atoms.